The lowest BCUT2D eigenvalue weighted by atomic mass is 10.0. The van der Waals surface area contributed by atoms with Crippen molar-refractivity contribution in [3.05, 3.63) is 95.1 Å². The van der Waals surface area contributed by atoms with E-state index >= 15 is 0 Å². The fraction of sp³-hybridized carbons (Fsp3) is 0.143. The van der Waals surface area contributed by atoms with Gasteiger partial charge in [-0.1, -0.05) is 24.3 Å². The molecule has 0 amide bonds. The second kappa shape index (κ2) is 11.5. The van der Waals surface area contributed by atoms with E-state index in [1.165, 1.54) is 12.2 Å². The predicted molar refractivity (Wildman–Crippen MR) is 132 cm³/mol. The van der Waals surface area contributed by atoms with Crippen LogP contribution in [-0.4, -0.2) is 40.0 Å². The number of methoxy groups -OCH3 is 4. The van der Waals surface area contributed by atoms with Gasteiger partial charge >= 0.3 is 0 Å². The van der Waals surface area contributed by atoms with E-state index in [0.29, 0.717) is 34.1 Å². The summed E-state index contributed by atoms with van der Waals surface area (Å²) < 4.78 is 21.1. The molecule has 174 valence electrons. The molecule has 0 N–H and O–H groups in total. The van der Waals surface area contributed by atoms with Gasteiger partial charge in [0.15, 0.2) is 11.6 Å². The number of hydrogen-bond donors (Lipinski definition) is 0. The first kappa shape index (κ1) is 24.3. The highest BCUT2D eigenvalue weighted by molar-refractivity contribution is 6.09. The molecule has 3 aromatic carbocycles. The van der Waals surface area contributed by atoms with E-state index in [4.69, 9.17) is 18.9 Å². The van der Waals surface area contributed by atoms with Crippen LogP contribution >= 0.6 is 0 Å². The minimum absolute atomic E-state index is 0.185. The van der Waals surface area contributed by atoms with Gasteiger partial charge in [-0.2, -0.15) is 0 Å². The van der Waals surface area contributed by atoms with E-state index in [0.717, 1.165) is 11.1 Å². The third-order valence-corrected chi connectivity index (χ3v) is 5.16. The van der Waals surface area contributed by atoms with Crippen molar-refractivity contribution in [1.82, 2.24) is 0 Å². The summed E-state index contributed by atoms with van der Waals surface area (Å²) in [6, 6.07) is 17.2. The van der Waals surface area contributed by atoms with Crippen molar-refractivity contribution in [2.24, 2.45) is 0 Å². The number of ether oxygens (including phenoxy) is 4. The molecule has 3 aromatic rings. The molecule has 0 aliphatic heterocycles. The Balaban J connectivity index is 1.70. The molecule has 6 nitrogen and oxygen atoms in total. The van der Waals surface area contributed by atoms with Gasteiger partial charge in [0.05, 0.1) is 28.4 Å². The Labute approximate surface area is 199 Å². The molecule has 0 heterocycles. The maximum atomic E-state index is 12.6. The molecule has 0 spiro atoms. The van der Waals surface area contributed by atoms with Crippen LogP contribution < -0.4 is 18.9 Å². The summed E-state index contributed by atoms with van der Waals surface area (Å²) in [5.41, 5.74) is 2.45. The van der Waals surface area contributed by atoms with Gasteiger partial charge in [-0.3, -0.25) is 9.59 Å². The molecular formula is C28H26O6. The van der Waals surface area contributed by atoms with Crippen LogP contribution in [0.4, 0.5) is 0 Å². The van der Waals surface area contributed by atoms with Crippen molar-refractivity contribution >= 4 is 23.7 Å². The zero-order chi connectivity index (χ0) is 24.5. The summed E-state index contributed by atoms with van der Waals surface area (Å²) in [6.07, 6.45) is 6.31. The summed E-state index contributed by atoms with van der Waals surface area (Å²) in [4.78, 5) is 25.2. The zero-order valence-electron chi connectivity index (χ0n) is 19.5. The Morgan fingerprint density at radius 2 is 0.941 bits per heavy atom. The van der Waals surface area contributed by atoms with Crippen LogP contribution in [0.25, 0.3) is 12.2 Å². The summed E-state index contributed by atoms with van der Waals surface area (Å²) in [5, 5.41) is 0. The first-order valence-electron chi connectivity index (χ1n) is 10.5. The Bertz CT molecular complexity index is 1130. The lowest BCUT2D eigenvalue weighted by molar-refractivity contribution is 0.103. The highest BCUT2D eigenvalue weighted by Crippen LogP contribution is 2.27. The molecule has 0 aliphatic rings. The molecule has 0 saturated carbocycles. The van der Waals surface area contributed by atoms with Crippen LogP contribution in [0, 0.1) is 0 Å². The molecule has 0 aliphatic carbocycles. The summed E-state index contributed by atoms with van der Waals surface area (Å²) in [6.45, 7) is 0. The lowest BCUT2D eigenvalue weighted by Crippen LogP contribution is -1.98. The summed E-state index contributed by atoms with van der Waals surface area (Å²) in [5.74, 6) is 2.17. The molecule has 34 heavy (non-hydrogen) atoms. The van der Waals surface area contributed by atoms with Gasteiger partial charge in [-0.05, 0) is 48.6 Å². The molecule has 6 heteroatoms. The monoisotopic (exact) mass is 458 g/mol. The second-order valence-electron chi connectivity index (χ2n) is 7.19. The Morgan fingerprint density at radius 3 is 1.26 bits per heavy atom. The highest BCUT2D eigenvalue weighted by atomic mass is 16.5. The van der Waals surface area contributed by atoms with Gasteiger partial charge in [0, 0.05) is 34.4 Å². The van der Waals surface area contributed by atoms with Crippen molar-refractivity contribution in [1.29, 1.82) is 0 Å². The van der Waals surface area contributed by atoms with E-state index in [9.17, 15) is 9.59 Å². The van der Waals surface area contributed by atoms with Crippen LogP contribution in [0.1, 0.15) is 31.8 Å². The predicted octanol–water partition coefficient (Wildman–Crippen LogP) is 5.51. The minimum atomic E-state index is -0.185. The quantitative estimate of drug-likeness (QED) is 0.295. The number of carbonyl (C=O) groups excluding carboxylic acids is 2. The van der Waals surface area contributed by atoms with Crippen molar-refractivity contribution < 1.29 is 28.5 Å². The summed E-state index contributed by atoms with van der Waals surface area (Å²) >= 11 is 0. The molecular weight excluding hydrogens is 432 g/mol. The number of benzene rings is 3. The van der Waals surface area contributed by atoms with Gasteiger partial charge in [-0.25, -0.2) is 0 Å². The van der Waals surface area contributed by atoms with E-state index in [-0.39, 0.29) is 11.6 Å². The molecule has 0 atom stereocenters. The Kier molecular flexibility index (Phi) is 8.24. The van der Waals surface area contributed by atoms with Crippen molar-refractivity contribution in [3.8, 4) is 23.0 Å². The van der Waals surface area contributed by atoms with Gasteiger partial charge in [-0.15, -0.1) is 0 Å². The number of rotatable bonds is 10. The minimum Gasteiger partial charge on any atom is -0.497 e. The number of hydrogen-bond acceptors (Lipinski definition) is 6. The molecule has 0 bridgehead atoms. The molecule has 0 unspecified atom stereocenters. The number of carbonyl (C=O) groups is 2. The van der Waals surface area contributed by atoms with Gasteiger partial charge in [0.2, 0.25) is 0 Å². The first-order valence-corrected chi connectivity index (χ1v) is 10.5. The maximum Gasteiger partial charge on any atom is 0.185 e. The SMILES string of the molecule is COc1ccc(C=CC(=O)c2ccc(C(=O)C=Cc3ccc(OC)cc3OC)cc2)c(OC)c1. The topological polar surface area (TPSA) is 71.1 Å². The average Bonchev–Trinajstić information content (AvgIpc) is 2.90. The molecule has 0 saturated heterocycles. The van der Waals surface area contributed by atoms with Crippen molar-refractivity contribution in [2.45, 2.75) is 0 Å². The van der Waals surface area contributed by atoms with Crippen LogP contribution in [0.15, 0.2) is 72.8 Å². The van der Waals surface area contributed by atoms with E-state index < -0.39 is 0 Å². The van der Waals surface area contributed by atoms with Crippen LogP contribution in [0.5, 0.6) is 23.0 Å². The third kappa shape index (κ3) is 5.92. The fourth-order valence-corrected chi connectivity index (χ4v) is 3.23. The smallest absolute Gasteiger partial charge is 0.185 e. The zero-order valence-corrected chi connectivity index (χ0v) is 19.5. The number of allylic oxidation sites excluding steroid dienone is 2. The van der Waals surface area contributed by atoms with Gasteiger partial charge in [0.25, 0.3) is 0 Å². The normalized spacial score (nSPS) is 10.9. The summed E-state index contributed by atoms with van der Waals surface area (Å²) in [7, 11) is 6.27. The van der Waals surface area contributed by atoms with Gasteiger partial charge in [0.1, 0.15) is 23.0 Å². The Morgan fingerprint density at radius 1 is 0.559 bits per heavy atom. The fourth-order valence-electron chi connectivity index (χ4n) is 3.23. The third-order valence-electron chi connectivity index (χ3n) is 5.16. The molecule has 0 radical (unpaired) electrons. The largest absolute Gasteiger partial charge is 0.497 e. The van der Waals surface area contributed by atoms with Crippen LogP contribution in [-0.2, 0) is 0 Å². The average molecular weight is 459 g/mol. The van der Waals surface area contributed by atoms with Crippen molar-refractivity contribution in [3.63, 3.8) is 0 Å². The number of ketones is 2. The Hall–Kier alpha value is -4.32. The van der Waals surface area contributed by atoms with Crippen molar-refractivity contribution in [2.75, 3.05) is 28.4 Å². The van der Waals surface area contributed by atoms with E-state index in [1.54, 1.807) is 89.1 Å². The van der Waals surface area contributed by atoms with Crippen LogP contribution in [0.3, 0.4) is 0 Å². The van der Waals surface area contributed by atoms with E-state index in [2.05, 4.69) is 0 Å². The lowest BCUT2D eigenvalue weighted by Gasteiger charge is -2.07. The van der Waals surface area contributed by atoms with Gasteiger partial charge < -0.3 is 18.9 Å². The first-order chi connectivity index (χ1) is 16.5. The second-order valence-corrected chi connectivity index (χ2v) is 7.19. The highest BCUT2D eigenvalue weighted by Gasteiger charge is 2.08. The standard InChI is InChI=1S/C28H26O6/c1-31-23-13-9-21(27(17-23)33-3)11-15-25(29)19-5-7-20(8-6-19)26(30)16-12-22-10-14-24(32-2)18-28(22)34-4/h5-18H,1-4H3. The molecule has 3 rings (SSSR count). The van der Waals surface area contributed by atoms with Crippen LogP contribution in [0.2, 0.25) is 0 Å². The molecule has 0 aromatic heterocycles. The maximum absolute atomic E-state index is 12.6. The molecule has 0 fully saturated rings. The van der Waals surface area contributed by atoms with E-state index in [1.807, 2.05) is 12.1 Å².